The molecule has 1 aliphatic carbocycles. The summed E-state index contributed by atoms with van der Waals surface area (Å²) in [5, 5.41) is 3.72. The van der Waals surface area contributed by atoms with Crippen molar-refractivity contribution in [3.63, 3.8) is 0 Å². The largest absolute Gasteiger partial charge is 0.388 e. The molecule has 0 aromatic rings. The molecule has 2 atom stereocenters. The van der Waals surface area contributed by atoms with E-state index in [9.17, 15) is 9.59 Å². The maximum Gasteiger partial charge on any atom is 0.266 e. The molecule has 0 saturated carbocycles. The Bertz CT molecular complexity index is 439. The Balaban J connectivity index is 2.10. The average Bonchev–Trinajstić information content (AvgIpc) is 2.66. The number of hydrogen-bond acceptors (Lipinski definition) is 4. The predicted octanol–water partition coefficient (Wildman–Crippen LogP) is 0.932. The number of amides is 1. The van der Waals surface area contributed by atoms with Crippen LogP contribution in [0.25, 0.3) is 0 Å². The number of carbonyl (C=O) groups excluding carboxylic acids is 2. The van der Waals surface area contributed by atoms with Crippen molar-refractivity contribution in [2.24, 2.45) is 16.8 Å². The minimum absolute atomic E-state index is 0.0549. The van der Waals surface area contributed by atoms with E-state index in [4.69, 9.17) is 10.6 Å². The van der Waals surface area contributed by atoms with E-state index in [1.54, 1.807) is 0 Å². The van der Waals surface area contributed by atoms with Gasteiger partial charge in [0.05, 0.1) is 0 Å². The van der Waals surface area contributed by atoms with E-state index in [0.29, 0.717) is 12.8 Å². The van der Waals surface area contributed by atoms with Gasteiger partial charge in [-0.3, -0.25) is 9.59 Å². The van der Waals surface area contributed by atoms with Gasteiger partial charge in [0.15, 0.2) is 5.78 Å². The normalized spacial score (nSPS) is 32.8. The third-order valence-corrected chi connectivity index (χ3v) is 3.61. The molecule has 1 amide bonds. The van der Waals surface area contributed by atoms with Gasteiger partial charge in [-0.1, -0.05) is 11.2 Å². The van der Waals surface area contributed by atoms with Gasteiger partial charge in [-0.25, -0.2) is 0 Å². The zero-order valence-corrected chi connectivity index (χ0v) is 10.0. The Morgan fingerprint density at radius 1 is 1.65 bits per heavy atom. The second-order valence-electron chi connectivity index (χ2n) is 4.93. The molecule has 2 N–H and O–H groups in total. The lowest BCUT2D eigenvalue weighted by Gasteiger charge is -2.32. The van der Waals surface area contributed by atoms with Crippen molar-refractivity contribution in [1.82, 2.24) is 0 Å². The lowest BCUT2D eigenvalue weighted by atomic mass is 9.76. The third kappa shape index (κ3) is 2.09. The Labute approximate surface area is 99.7 Å². The number of nitrogens with zero attached hydrogens (tertiary/aromatic N) is 1. The minimum atomic E-state index is -0.586. The average molecular weight is 236 g/mol. The van der Waals surface area contributed by atoms with Crippen molar-refractivity contribution in [3.8, 4) is 0 Å². The van der Waals surface area contributed by atoms with Crippen molar-refractivity contribution in [3.05, 3.63) is 11.6 Å². The lowest BCUT2D eigenvalue weighted by Crippen LogP contribution is -2.39. The Morgan fingerprint density at radius 3 is 2.88 bits per heavy atom. The quantitative estimate of drug-likeness (QED) is 0.774. The second-order valence-corrected chi connectivity index (χ2v) is 4.93. The molecule has 1 heterocycles. The molecule has 17 heavy (non-hydrogen) atoms. The number of Topliss-reactive ketones (excluding diaryl/α,β-unsaturated/α-hetero) is 1. The number of carbonyl (C=O) groups is 2. The molecule has 0 aromatic heterocycles. The van der Waals surface area contributed by atoms with Gasteiger partial charge in [0.1, 0.15) is 11.3 Å². The maximum absolute atomic E-state index is 11.7. The highest BCUT2D eigenvalue weighted by atomic mass is 16.7. The van der Waals surface area contributed by atoms with Crippen LogP contribution < -0.4 is 5.73 Å². The SMILES string of the molecule is CC1=CC[C@@H]([C@]2(C)CC(C(N)=O)=NO2)CC1=O. The molecule has 2 rings (SSSR count). The molecule has 2 aliphatic rings. The van der Waals surface area contributed by atoms with E-state index in [-0.39, 0.29) is 17.4 Å². The Hall–Kier alpha value is -1.65. The molecule has 0 radical (unpaired) electrons. The van der Waals surface area contributed by atoms with Crippen LogP contribution in [0.5, 0.6) is 0 Å². The van der Waals surface area contributed by atoms with Crippen molar-refractivity contribution in [2.75, 3.05) is 0 Å². The van der Waals surface area contributed by atoms with Gasteiger partial charge in [-0.05, 0) is 25.8 Å². The van der Waals surface area contributed by atoms with Gasteiger partial charge in [0.2, 0.25) is 0 Å². The zero-order valence-electron chi connectivity index (χ0n) is 10.0. The van der Waals surface area contributed by atoms with Crippen LogP contribution >= 0.6 is 0 Å². The monoisotopic (exact) mass is 236 g/mol. The first-order chi connectivity index (χ1) is 7.92. The number of primary amides is 1. The Kier molecular flexibility index (Phi) is 2.77. The topological polar surface area (TPSA) is 81.8 Å². The summed E-state index contributed by atoms with van der Waals surface area (Å²) in [5.41, 5.74) is 5.64. The highest BCUT2D eigenvalue weighted by Crippen LogP contribution is 2.38. The number of ketones is 1. The molecule has 92 valence electrons. The van der Waals surface area contributed by atoms with Crippen molar-refractivity contribution >= 4 is 17.4 Å². The number of rotatable bonds is 2. The first-order valence-corrected chi connectivity index (χ1v) is 5.67. The van der Waals surface area contributed by atoms with Gasteiger partial charge in [0.25, 0.3) is 5.91 Å². The summed E-state index contributed by atoms with van der Waals surface area (Å²) in [4.78, 5) is 28.0. The molecule has 5 nitrogen and oxygen atoms in total. The van der Waals surface area contributed by atoms with Gasteiger partial charge in [-0.15, -0.1) is 0 Å². The molecule has 0 bridgehead atoms. The summed E-state index contributed by atoms with van der Waals surface area (Å²) in [7, 11) is 0. The van der Waals surface area contributed by atoms with Crippen LogP contribution in [0.2, 0.25) is 0 Å². The van der Waals surface area contributed by atoms with Gasteiger partial charge in [0, 0.05) is 18.8 Å². The molecule has 0 saturated heterocycles. The van der Waals surface area contributed by atoms with Crippen LogP contribution in [0.1, 0.15) is 33.1 Å². The Morgan fingerprint density at radius 2 is 2.35 bits per heavy atom. The molecule has 0 unspecified atom stereocenters. The standard InChI is InChI=1S/C12H16N2O3/c1-7-3-4-8(5-10(7)15)12(2)6-9(11(13)16)14-17-12/h3,8H,4-6H2,1-2H3,(H2,13,16)/t8-,12+/m1/s1. The molecule has 0 fully saturated rings. The summed E-state index contributed by atoms with van der Waals surface area (Å²) < 4.78 is 0. The van der Waals surface area contributed by atoms with E-state index in [1.165, 1.54) is 0 Å². The number of nitrogens with two attached hydrogens (primary N) is 1. The van der Waals surface area contributed by atoms with Crippen LogP contribution in [-0.4, -0.2) is 23.0 Å². The second kappa shape index (κ2) is 3.98. The highest BCUT2D eigenvalue weighted by molar-refractivity contribution is 6.38. The van der Waals surface area contributed by atoms with Crippen molar-refractivity contribution < 1.29 is 14.4 Å². The summed E-state index contributed by atoms with van der Waals surface area (Å²) in [5.74, 6) is -0.361. The van der Waals surface area contributed by atoms with E-state index in [0.717, 1.165) is 12.0 Å². The smallest absolute Gasteiger partial charge is 0.266 e. The van der Waals surface area contributed by atoms with Gasteiger partial charge < -0.3 is 10.6 Å². The van der Waals surface area contributed by atoms with E-state index < -0.39 is 11.5 Å². The van der Waals surface area contributed by atoms with Crippen molar-refractivity contribution in [1.29, 1.82) is 0 Å². The summed E-state index contributed by atoms with van der Waals surface area (Å²) in [6, 6.07) is 0. The number of oxime groups is 1. The van der Waals surface area contributed by atoms with Crippen LogP contribution in [0, 0.1) is 5.92 Å². The molecular weight excluding hydrogens is 220 g/mol. The van der Waals surface area contributed by atoms with Crippen LogP contribution in [0.4, 0.5) is 0 Å². The minimum Gasteiger partial charge on any atom is -0.388 e. The van der Waals surface area contributed by atoms with Gasteiger partial charge in [-0.2, -0.15) is 0 Å². The predicted molar refractivity (Wildman–Crippen MR) is 62.2 cm³/mol. The van der Waals surface area contributed by atoms with E-state index in [1.807, 2.05) is 19.9 Å². The van der Waals surface area contributed by atoms with Crippen molar-refractivity contribution in [2.45, 2.75) is 38.7 Å². The summed E-state index contributed by atoms with van der Waals surface area (Å²) in [6.45, 7) is 3.70. The fraction of sp³-hybridized carbons (Fsp3) is 0.583. The zero-order chi connectivity index (χ0) is 12.6. The number of allylic oxidation sites excluding steroid dienone is 2. The summed E-state index contributed by atoms with van der Waals surface area (Å²) >= 11 is 0. The first kappa shape index (κ1) is 11.8. The van der Waals surface area contributed by atoms with Crippen LogP contribution in [0.15, 0.2) is 16.8 Å². The van der Waals surface area contributed by atoms with E-state index >= 15 is 0 Å². The van der Waals surface area contributed by atoms with Crippen LogP contribution in [0.3, 0.4) is 0 Å². The van der Waals surface area contributed by atoms with Gasteiger partial charge >= 0.3 is 0 Å². The fourth-order valence-corrected chi connectivity index (χ4v) is 2.27. The van der Waals surface area contributed by atoms with Crippen LogP contribution in [-0.2, 0) is 14.4 Å². The molecule has 1 aliphatic heterocycles. The first-order valence-electron chi connectivity index (χ1n) is 5.67. The molecule has 5 heteroatoms. The maximum atomic E-state index is 11.7. The highest BCUT2D eigenvalue weighted by Gasteiger charge is 2.44. The third-order valence-electron chi connectivity index (χ3n) is 3.61. The molecule has 0 aromatic carbocycles. The number of hydrogen-bond donors (Lipinski definition) is 1. The lowest BCUT2D eigenvalue weighted by molar-refractivity contribution is -0.121. The molecule has 0 spiro atoms. The fourth-order valence-electron chi connectivity index (χ4n) is 2.27. The molecular formula is C12H16N2O3. The summed E-state index contributed by atoms with van der Waals surface area (Å²) in [6.07, 6.45) is 3.52. The van der Waals surface area contributed by atoms with E-state index in [2.05, 4.69) is 5.16 Å².